The van der Waals surface area contributed by atoms with E-state index in [0.717, 1.165) is 27.7 Å². The first-order valence-corrected chi connectivity index (χ1v) is 8.41. The predicted octanol–water partition coefficient (Wildman–Crippen LogP) is 5.82. The topological polar surface area (TPSA) is 17.8 Å². The molecule has 1 heterocycles. The molecule has 3 heteroatoms. The van der Waals surface area contributed by atoms with Gasteiger partial charge in [-0.1, -0.05) is 47.5 Å². The van der Waals surface area contributed by atoms with Crippen molar-refractivity contribution in [2.75, 3.05) is 0 Å². The molecular formula is C21H21ClN2. The number of hydrogen-bond acceptors (Lipinski definition) is 1. The van der Waals surface area contributed by atoms with Gasteiger partial charge in [0, 0.05) is 16.3 Å². The summed E-state index contributed by atoms with van der Waals surface area (Å²) in [6.45, 7) is 8.32. The first kappa shape index (κ1) is 16.5. The summed E-state index contributed by atoms with van der Waals surface area (Å²) in [5, 5.41) is 5.43. The Morgan fingerprint density at radius 2 is 1.75 bits per heavy atom. The summed E-state index contributed by atoms with van der Waals surface area (Å²) < 4.78 is 2.00. The van der Waals surface area contributed by atoms with Crippen LogP contribution in [0.3, 0.4) is 0 Å². The number of benzene rings is 2. The van der Waals surface area contributed by atoms with E-state index in [1.165, 1.54) is 16.7 Å². The van der Waals surface area contributed by atoms with Crippen LogP contribution >= 0.6 is 11.6 Å². The van der Waals surface area contributed by atoms with Gasteiger partial charge in [-0.25, -0.2) is 4.68 Å². The molecule has 0 radical (unpaired) electrons. The van der Waals surface area contributed by atoms with E-state index in [9.17, 15) is 0 Å². The number of hydrogen-bond donors (Lipinski definition) is 0. The molecule has 0 atom stereocenters. The van der Waals surface area contributed by atoms with E-state index in [4.69, 9.17) is 11.6 Å². The van der Waals surface area contributed by atoms with Crippen molar-refractivity contribution in [3.63, 3.8) is 0 Å². The molecule has 122 valence electrons. The molecule has 0 fully saturated rings. The first-order chi connectivity index (χ1) is 11.5. The SMILES string of the molecule is Cc1ccc(C)c(C(=Cc2ccccc2Cl)n2nc(C)cc2C)c1. The molecule has 0 aliphatic rings. The Balaban J connectivity index is 2.28. The fourth-order valence-corrected chi connectivity index (χ4v) is 3.07. The molecule has 2 nitrogen and oxygen atoms in total. The maximum absolute atomic E-state index is 6.39. The molecule has 0 unspecified atom stereocenters. The number of rotatable bonds is 3. The second kappa shape index (κ2) is 6.66. The zero-order valence-electron chi connectivity index (χ0n) is 14.5. The van der Waals surface area contributed by atoms with Crippen LogP contribution in [-0.2, 0) is 0 Å². The minimum atomic E-state index is 0.738. The molecular weight excluding hydrogens is 316 g/mol. The van der Waals surface area contributed by atoms with E-state index in [1.807, 2.05) is 35.9 Å². The molecule has 1 aromatic heterocycles. The van der Waals surface area contributed by atoms with Gasteiger partial charge in [-0.2, -0.15) is 5.10 Å². The van der Waals surface area contributed by atoms with Crippen molar-refractivity contribution in [3.8, 4) is 0 Å². The summed E-state index contributed by atoms with van der Waals surface area (Å²) in [7, 11) is 0. The molecule has 3 aromatic rings. The smallest absolute Gasteiger partial charge is 0.0730 e. The summed E-state index contributed by atoms with van der Waals surface area (Å²) >= 11 is 6.39. The van der Waals surface area contributed by atoms with Crippen molar-refractivity contribution in [1.29, 1.82) is 0 Å². The van der Waals surface area contributed by atoms with Crippen LogP contribution in [0.1, 0.15) is 33.6 Å². The molecule has 2 aromatic carbocycles. The third-order valence-corrected chi connectivity index (χ3v) is 4.45. The van der Waals surface area contributed by atoms with Crippen molar-refractivity contribution in [1.82, 2.24) is 9.78 Å². The van der Waals surface area contributed by atoms with Gasteiger partial charge < -0.3 is 0 Å². The van der Waals surface area contributed by atoms with Crippen LogP contribution in [0.15, 0.2) is 48.5 Å². The molecule has 0 aliphatic carbocycles. The highest BCUT2D eigenvalue weighted by Crippen LogP contribution is 2.28. The van der Waals surface area contributed by atoms with E-state index < -0.39 is 0 Å². The molecule has 0 saturated carbocycles. The van der Waals surface area contributed by atoms with E-state index >= 15 is 0 Å². The van der Waals surface area contributed by atoms with E-state index in [1.54, 1.807) is 0 Å². The van der Waals surface area contributed by atoms with Gasteiger partial charge in [0.15, 0.2) is 0 Å². The minimum absolute atomic E-state index is 0.738. The third kappa shape index (κ3) is 3.29. The molecule has 0 amide bonds. The highest BCUT2D eigenvalue weighted by Gasteiger charge is 2.13. The predicted molar refractivity (Wildman–Crippen MR) is 102 cm³/mol. The first-order valence-electron chi connectivity index (χ1n) is 8.03. The largest absolute Gasteiger partial charge is 0.237 e. The van der Waals surface area contributed by atoms with Crippen molar-refractivity contribution in [2.45, 2.75) is 27.7 Å². The lowest BCUT2D eigenvalue weighted by molar-refractivity contribution is 0.856. The Labute approximate surface area is 148 Å². The summed E-state index contributed by atoms with van der Waals surface area (Å²) in [5.74, 6) is 0. The highest BCUT2D eigenvalue weighted by molar-refractivity contribution is 6.32. The minimum Gasteiger partial charge on any atom is -0.237 e. The fourth-order valence-electron chi connectivity index (χ4n) is 2.88. The number of nitrogens with zero attached hydrogens (tertiary/aromatic N) is 2. The average Bonchev–Trinajstić information content (AvgIpc) is 2.87. The van der Waals surface area contributed by atoms with Crippen molar-refractivity contribution < 1.29 is 0 Å². The second-order valence-corrected chi connectivity index (χ2v) is 6.62. The summed E-state index contributed by atoms with van der Waals surface area (Å²) in [6.07, 6.45) is 2.11. The quantitative estimate of drug-likeness (QED) is 0.551. The normalized spacial score (nSPS) is 11.8. The Morgan fingerprint density at radius 3 is 2.42 bits per heavy atom. The van der Waals surface area contributed by atoms with Crippen LogP contribution in [0.2, 0.25) is 5.02 Å². The van der Waals surface area contributed by atoms with E-state index in [0.29, 0.717) is 0 Å². The lowest BCUT2D eigenvalue weighted by atomic mass is 10.0. The van der Waals surface area contributed by atoms with Gasteiger partial charge in [0.25, 0.3) is 0 Å². The molecule has 3 rings (SSSR count). The van der Waals surface area contributed by atoms with Gasteiger partial charge in [0.2, 0.25) is 0 Å². The Hall–Kier alpha value is -2.32. The van der Waals surface area contributed by atoms with Gasteiger partial charge in [-0.3, -0.25) is 0 Å². The van der Waals surface area contributed by atoms with Gasteiger partial charge in [0.05, 0.1) is 11.4 Å². The Kier molecular flexibility index (Phi) is 4.59. The van der Waals surface area contributed by atoms with Gasteiger partial charge in [-0.05, 0) is 63.1 Å². The van der Waals surface area contributed by atoms with Crippen LogP contribution in [0.4, 0.5) is 0 Å². The summed E-state index contributed by atoms with van der Waals surface area (Å²) in [6, 6.07) is 16.5. The second-order valence-electron chi connectivity index (χ2n) is 6.21. The molecule has 0 saturated heterocycles. The lowest BCUT2D eigenvalue weighted by Crippen LogP contribution is -2.05. The maximum Gasteiger partial charge on any atom is 0.0730 e. The zero-order valence-corrected chi connectivity index (χ0v) is 15.2. The van der Waals surface area contributed by atoms with Crippen LogP contribution < -0.4 is 0 Å². The zero-order chi connectivity index (χ0) is 17.3. The fraction of sp³-hybridized carbons (Fsp3) is 0.190. The van der Waals surface area contributed by atoms with Crippen LogP contribution in [0.25, 0.3) is 11.8 Å². The van der Waals surface area contributed by atoms with Gasteiger partial charge >= 0.3 is 0 Å². The maximum atomic E-state index is 6.39. The standard InChI is InChI=1S/C21H21ClN2/c1-14-9-10-15(2)19(11-14)21(24-17(4)12-16(3)23-24)13-18-7-5-6-8-20(18)22/h5-13H,1-4H3. The number of aromatic nitrogens is 2. The van der Waals surface area contributed by atoms with Crippen LogP contribution in [0, 0.1) is 27.7 Å². The highest BCUT2D eigenvalue weighted by atomic mass is 35.5. The molecule has 24 heavy (non-hydrogen) atoms. The number of aryl methyl sites for hydroxylation is 4. The van der Waals surface area contributed by atoms with Crippen molar-refractivity contribution in [2.24, 2.45) is 0 Å². The molecule has 0 bridgehead atoms. The third-order valence-electron chi connectivity index (χ3n) is 4.10. The Morgan fingerprint density at radius 1 is 1.00 bits per heavy atom. The van der Waals surface area contributed by atoms with Gasteiger partial charge in [0.1, 0.15) is 0 Å². The monoisotopic (exact) mass is 336 g/mol. The molecule has 0 spiro atoms. The van der Waals surface area contributed by atoms with Crippen LogP contribution in [-0.4, -0.2) is 9.78 Å². The average molecular weight is 337 g/mol. The summed E-state index contributed by atoms with van der Waals surface area (Å²) in [5.41, 5.74) is 7.74. The Bertz CT molecular complexity index is 919. The van der Waals surface area contributed by atoms with E-state index in [-0.39, 0.29) is 0 Å². The van der Waals surface area contributed by atoms with Crippen molar-refractivity contribution >= 4 is 23.4 Å². The molecule has 0 N–H and O–H groups in total. The van der Waals surface area contributed by atoms with E-state index in [2.05, 4.69) is 56.2 Å². The lowest BCUT2D eigenvalue weighted by Gasteiger charge is -2.15. The summed E-state index contributed by atoms with van der Waals surface area (Å²) in [4.78, 5) is 0. The molecule has 0 aliphatic heterocycles. The number of halogens is 1. The van der Waals surface area contributed by atoms with Crippen LogP contribution in [0.5, 0.6) is 0 Å². The van der Waals surface area contributed by atoms with Gasteiger partial charge in [-0.15, -0.1) is 0 Å². The van der Waals surface area contributed by atoms with Crippen molar-refractivity contribution in [3.05, 3.63) is 87.2 Å².